The molecule has 138 valence electrons. The third kappa shape index (κ3) is 4.17. The molecule has 5 nitrogen and oxygen atoms in total. The summed E-state index contributed by atoms with van der Waals surface area (Å²) in [5.41, 5.74) is 1.90. The van der Waals surface area contributed by atoms with Gasteiger partial charge in [0.15, 0.2) is 11.5 Å². The number of phenols is 1. The smallest absolute Gasteiger partial charge is 0.166 e. The summed E-state index contributed by atoms with van der Waals surface area (Å²) in [5, 5.41) is 10.2. The Balaban J connectivity index is 1.77. The van der Waals surface area contributed by atoms with Gasteiger partial charge in [-0.3, -0.25) is 9.89 Å². The maximum Gasteiger partial charge on any atom is 0.166 e. The quantitative estimate of drug-likeness (QED) is 0.771. The minimum Gasteiger partial charge on any atom is -0.504 e. The van der Waals surface area contributed by atoms with Crippen LogP contribution >= 0.6 is 0 Å². The van der Waals surface area contributed by atoms with Gasteiger partial charge in [0.2, 0.25) is 0 Å². The Morgan fingerprint density at radius 3 is 2.46 bits per heavy atom. The number of hydrogen-bond acceptors (Lipinski definition) is 5. The fraction of sp³-hybridized carbons (Fsp3) is 0.381. The molecule has 2 aromatic carbocycles. The summed E-state index contributed by atoms with van der Waals surface area (Å²) in [6, 6.07) is 13.9. The molecule has 1 atom stereocenters. The zero-order chi connectivity index (χ0) is 18.4. The van der Waals surface area contributed by atoms with Crippen molar-refractivity contribution in [1.29, 1.82) is 0 Å². The van der Waals surface area contributed by atoms with Gasteiger partial charge >= 0.3 is 0 Å². The molecule has 3 rings (SSSR count). The van der Waals surface area contributed by atoms with Gasteiger partial charge in [-0.2, -0.15) is 0 Å². The van der Waals surface area contributed by atoms with E-state index < -0.39 is 0 Å². The van der Waals surface area contributed by atoms with Crippen LogP contribution in [0.3, 0.4) is 0 Å². The third-order valence-electron chi connectivity index (χ3n) is 4.84. The number of ether oxygens (including phenoxy) is 2. The van der Waals surface area contributed by atoms with Gasteiger partial charge in [-0.1, -0.05) is 18.2 Å². The SMILES string of the molecule is COc1ccc([C@H](CN=Cc2cccc(OC)c2O)N2CCCC2)cc1. The number of phenolic OH excluding ortho intramolecular Hbond substituents is 1. The number of rotatable bonds is 7. The largest absolute Gasteiger partial charge is 0.504 e. The van der Waals surface area contributed by atoms with E-state index in [0.717, 1.165) is 18.8 Å². The first kappa shape index (κ1) is 18.3. The van der Waals surface area contributed by atoms with Crippen LogP contribution in [-0.2, 0) is 0 Å². The van der Waals surface area contributed by atoms with E-state index in [1.165, 1.54) is 18.4 Å². The summed E-state index contributed by atoms with van der Waals surface area (Å²) in [4.78, 5) is 7.11. The number of aromatic hydroxyl groups is 1. The Labute approximate surface area is 154 Å². The number of hydrogen-bond donors (Lipinski definition) is 1. The molecule has 0 saturated carbocycles. The number of nitrogens with zero attached hydrogens (tertiary/aromatic N) is 2. The molecule has 1 fully saturated rings. The van der Waals surface area contributed by atoms with Crippen molar-refractivity contribution in [2.24, 2.45) is 4.99 Å². The van der Waals surface area contributed by atoms with E-state index in [9.17, 15) is 5.11 Å². The molecular weight excluding hydrogens is 328 g/mol. The van der Waals surface area contributed by atoms with E-state index >= 15 is 0 Å². The molecule has 0 aliphatic carbocycles. The zero-order valence-electron chi connectivity index (χ0n) is 15.4. The lowest BCUT2D eigenvalue weighted by Gasteiger charge is -2.26. The molecule has 26 heavy (non-hydrogen) atoms. The van der Waals surface area contributed by atoms with Crippen LogP contribution in [0, 0.1) is 0 Å². The second-order valence-corrected chi connectivity index (χ2v) is 6.42. The highest BCUT2D eigenvalue weighted by atomic mass is 16.5. The molecule has 1 aliphatic heterocycles. The molecule has 5 heteroatoms. The molecule has 0 radical (unpaired) electrons. The molecule has 2 aromatic rings. The highest BCUT2D eigenvalue weighted by Gasteiger charge is 2.23. The van der Waals surface area contributed by atoms with E-state index in [4.69, 9.17) is 9.47 Å². The molecular formula is C21H26N2O3. The first-order chi connectivity index (χ1) is 12.7. The molecule has 1 aliphatic rings. The minimum absolute atomic E-state index is 0.126. The second kappa shape index (κ2) is 8.72. The van der Waals surface area contributed by atoms with E-state index in [-0.39, 0.29) is 11.8 Å². The van der Waals surface area contributed by atoms with E-state index in [1.807, 2.05) is 24.3 Å². The maximum atomic E-state index is 10.2. The summed E-state index contributed by atoms with van der Waals surface area (Å²) in [6.07, 6.45) is 4.19. The zero-order valence-corrected chi connectivity index (χ0v) is 15.4. The average Bonchev–Trinajstić information content (AvgIpc) is 3.21. The van der Waals surface area contributed by atoms with Crippen LogP contribution in [0.15, 0.2) is 47.5 Å². The lowest BCUT2D eigenvalue weighted by atomic mass is 10.1. The molecule has 0 spiro atoms. The van der Waals surface area contributed by atoms with Gasteiger partial charge in [-0.05, 0) is 55.8 Å². The third-order valence-corrected chi connectivity index (χ3v) is 4.84. The minimum atomic E-state index is 0.126. The van der Waals surface area contributed by atoms with Crippen molar-refractivity contribution in [3.8, 4) is 17.2 Å². The van der Waals surface area contributed by atoms with Gasteiger partial charge in [-0.25, -0.2) is 0 Å². The van der Waals surface area contributed by atoms with Crippen molar-refractivity contribution >= 4 is 6.21 Å². The molecule has 0 aromatic heterocycles. The Morgan fingerprint density at radius 2 is 1.81 bits per heavy atom. The molecule has 1 saturated heterocycles. The Morgan fingerprint density at radius 1 is 1.08 bits per heavy atom. The fourth-order valence-electron chi connectivity index (χ4n) is 3.37. The Hall–Kier alpha value is -2.53. The van der Waals surface area contributed by atoms with Gasteiger partial charge < -0.3 is 14.6 Å². The van der Waals surface area contributed by atoms with Crippen LogP contribution in [0.4, 0.5) is 0 Å². The second-order valence-electron chi connectivity index (χ2n) is 6.42. The van der Waals surface area contributed by atoms with Gasteiger partial charge in [0.25, 0.3) is 0 Å². The van der Waals surface area contributed by atoms with E-state index in [0.29, 0.717) is 17.9 Å². The normalized spacial score (nSPS) is 16.1. The molecule has 0 bridgehead atoms. The molecule has 0 unspecified atom stereocenters. The number of benzene rings is 2. The van der Waals surface area contributed by atoms with Gasteiger partial charge in [-0.15, -0.1) is 0 Å². The summed E-state index contributed by atoms with van der Waals surface area (Å²) in [6.45, 7) is 2.83. The van der Waals surface area contributed by atoms with Crippen LogP contribution in [0.1, 0.15) is 30.0 Å². The number of para-hydroxylation sites is 1. The average molecular weight is 354 g/mol. The van der Waals surface area contributed by atoms with Gasteiger partial charge in [0.05, 0.1) is 26.8 Å². The van der Waals surface area contributed by atoms with Crippen LogP contribution in [0.2, 0.25) is 0 Å². The number of aliphatic imine (C=N–C) groups is 1. The number of likely N-dealkylation sites (tertiary alicyclic amines) is 1. The van der Waals surface area contributed by atoms with E-state index in [2.05, 4.69) is 22.0 Å². The molecule has 1 N–H and O–H groups in total. The van der Waals surface area contributed by atoms with Crippen molar-refractivity contribution in [1.82, 2.24) is 4.90 Å². The predicted molar refractivity (Wildman–Crippen MR) is 104 cm³/mol. The summed E-state index contributed by atoms with van der Waals surface area (Å²) in [5.74, 6) is 1.44. The highest BCUT2D eigenvalue weighted by molar-refractivity contribution is 5.84. The van der Waals surface area contributed by atoms with Crippen molar-refractivity contribution in [2.75, 3.05) is 33.9 Å². The lowest BCUT2D eigenvalue weighted by molar-refractivity contribution is 0.252. The van der Waals surface area contributed by atoms with Crippen LogP contribution in [0.25, 0.3) is 0 Å². The van der Waals surface area contributed by atoms with Crippen molar-refractivity contribution < 1.29 is 14.6 Å². The Kier molecular flexibility index (Phi) is 6.12. The standard InChI is InChI=1S/C21H26N2O3/c1-25-18-10-8-16(9-11-18)19(23-12-3-4-13-23)15-22-14-17-6-5-7-20(26-2)21(17)24/h5-11,14,19,24H,3-4,12-13,15H2,1-2H3/t19-/m0/s1. The monoisotopic (exact) mass is 354 g/mol. The van der Waals surface area contributed by atoms with Crippen molar-refractivity contribution in [3.05, 3.63) is 53.6 Å². The summed E-state index contributed by atoms with van der Waals surface area (Å²) < 4.78 is 10.4. The fourth-order valence-corrected chi connectivity index (χ4v) is 3.37. The van der Waals surface area contributed by atoms with Crippen LogP contribution in [0.5, 0.6) is 17.2 Å². The first-order valence-corrected chi connectivity index (χ1v) is 8.96. The lowest BCUT2D eigenvalue weighted by Crippen LogP contribution is -2.27. The Bertz CT molecular complexity index is 737. The summed E-state index contributed by atoms with van der Waals surface area (Å²) >= 11 is 0. The van der Waals surface area contributed by atoms with E-state index in [1.54, 1.807) is 26.5 Å². The highest BCUT2D eigenvalue weighted by Crippen LogP contribution is 2.29. The molecule has 0 amide bonds. The summed E-state index contributed by atoms with van der Waals surface area (Å²) in [7, 11) is 3.22. The van der Waals surface area contributed by atoms with Gasteiger partial charge in [0, 0.05) is 11.8 Å². The van der Waals surface area contributed by atoms with Crippen molar-refractivity contribution in [2.45, 2.75) is 18.9 Å². The predicted octanol–water partition coefficient (Wildman–Crippen LogP) is 3.67. The topological polar surface area (TPSA) is 54.3 Å². The first-order valence-electron chi connectivity index (χ1n) is 8.96. The molecule has 1 heterocycles. The van der Waals surface area contributed by atoms with Crippen molar-refractivity contribution in [3.63, 3.8) is 0 Å². The maximum absolute atomic E-state index is 10.2. The van der Waals surface area contributed by atoms with Gasteiger partial charge in [0.1, 0.15) is 5.75 Å². The number of methoxy groups -OCH3 is 2. The van der Waals surface area contributed by atoms with Crippen LogP contribution in [-0.4, -0.2) is 50.1 Å². The van der Waals surface area contributed by atoms with Crippen LogP contribution < -0.4 is 9.47 Å².